The molecular formula is C21H35IN4O2. The average molecular weight is 502 g/mol. The first kappa shape index (κ1) is 23.2. The predicted octanol–water partition coefficient (Wildman–Crippen LogP) is 3.99. The third-order valence-electron chi connectivity index (χ3n) is 5.31. The first-order valence-electron chi connectivity index (χ1n) is 10.6. The fourth-order valence-corrected chi connectivity index (χ4v) is 3.87. The molecule has 1 saturated heterocycles. The fraction of sp³-hybridized carbons (Fsp3) is 0.714. The van der Waals surface area contributed by atoms with E-state index in [1.54, 1.807) is 6.20 Å². The second kappa shape index (κ2) is 12.5. The zero-order valence-electron chi connectivity index (χ0n) is 17.2. The first-order valence-corrected chi connectivity index (χ1v) is 10.6. The van der Waals surface area contributed by atoms with Crippen molar-refractivity contribution in [2.45, 2.75) is 71.1 Å². The molecule has 7 heteroatoms. The molecule has 0 radical (unpaired) electrons. The summed E-state index contributed by atoms with van der Waals surface area (Å²) in [4.78, 5) is 11.7. The summed E-state index contributed by atoms with van der Waals surface area (Å²) < 4.78 is 11.9. The Hall–Kier alpha value is -1.09. The number of ether oxygens (including phenoxy) is 2. The van der Waals surface area contributed by atoms with E-state index in [1.165, 1.54) is 12.8 Å². The molecule has 1 saturated carbocycles. The van der Waals surface area contributed by atoms with Crippen LogP contribution >= 0.6 is 24.0 Å². The van der Waals surface area contributed by atoms with Gasteiger partial charge in [0.1, 0.15) is 6.10 Å². The van der Waals surface area contributed by atoms with Crippen LogP contribution in [-0.4, -0.2) is 54.3 Å². The van der Waals surface area contributed by atoms with Crippen LogP contribution in [0.25, 0.3) is 0 Å². The van der Waals surface area contributed by atoms with Gasteiger partial charge in [0, 0.05) is 38.0 Å². The topological polar surface area (TPSA) is 59.0 Å². The molecule has 2 heterocycles. The molecule has 3 rings (SSSR count). The number of aromatic nitrogens is 1. The molecule has 0 bridgehead atoms. The summed E-state index contributed by atoms with van der Waals surface area (Å²) in [6, 6.07) is 4.04. The molecule has 1 aromatic rings. The van der Waals surface area contributed by atoms with Crippen LogP contribution in [-0.2, 0) is 11.3 Å². The Kier molecular flexibility index (Phi) is 10.3. The molecule has 1 aliphatic heterocycles. The van der Waals surface area contributed by atoms with Gasteiger partial charge in [-0.05, 0) is 58.4 Å². The highest BCUT2D eigenvalue weighted by Crippen LogP contribution is 2.25. The Labute approximate surface area is 186 Å². The molecule has 6 nitrogen and oxygen atoms in total. The second-order valence-electron chi connectivity index (χ2n) is 7.30. The number of likely N-dealkylation sites (tertiary alicyclic amines) is 1. The zero-order chi connectivity index (χ0) is 18.9. The molecule has 28 heavy (non-hydrogen) atoms. The van der Waals surface area contributed by atoms with Gasteiger partial charge in [0.15, 0.2) is 5.96 Å². The van der Waals surface area contributed by atoms with E-state index in [2.05, 4.69) is 35.1 Å². The molecule has 0 aromatic carbocycles. The number of halogens is 1. The van der Waals surface area contributed by atoms with Crippen molar-refractivity contribution in [2.24, 2.45) is 4.99 Å². The monoisotopic (exact) mass is 502 g/mol. The molecule has 0 unspecified atom stereocenters. The standard InChI is InChI=1S/C21H34N4O2.HI/c1-3-22-21(25-14-11-18(12-15-25)26-4-2)24-16-17-8-7-13-23-20(17)27-19-9-5-6-10-19;/h7-8,13,18-19H,3-6,9-12,14-16H2,1-2H3,(H,22,24);1H. The number of guanidine groups is 1. The lowest BCUT2D eigenvalue weighted by Crippen LogP contribution is -2.47. The van der Waals surface area contributed by atoms with Crippen LogP contribution in [0.1, 0.15) is 57.9 Å². The van der Waals surface area contributed by atoms with Crippen LogP contribution in [0.5, 0.6) is 5.88 Å². The number of rotatable bonds is 7. The van der Waals surface area contributed by atoms with Crippen LogP contribution in [0.3, 0.4) is 0 Å². The SMILES string of the molecule is CCNC(=NCc1cccnc1OC1CCCC1)N1CCC(OCC)CC1.I. The summed E-state index contributed by atoms with van der Waals surface area (Å²) in [5.41, 5.74) is 1.06. The van der Waals surface area contributed by atoms with Crippen LogP contribution in [0.15, 0.2) is 23.3 Å². The van der Waals surface area contributed by atoms with Crippen LogP contribution in [0.4, 0.5) is 0 Å². The van der Waals surface area contributed by atoms with E-state index in [0.29, 0.717) is 18.8 Å². The molecule has 2 aliphatic rings. The largest absolute Gasteiger partial charge is 0.474 e. The zero-order valence-corrected chi connectivity index (χ0v) is 19.6. The molecule has 1 aromatic heterocycles. The minimum Gasteiger partial charge on any atom is -0.474 e. The van der Waals surface area contributed by atoms with Crippen LogP contribution in [0.2, 0.25) is 0 Å². The number of hydrogen-bond acceptors (Lipinski definition) is 4. The number of aliphatic imine (C=N–C) groups is 1. The van der Waals surface area contributed by atoms with E-state index >= 15 is 0 Å². The third kappa shape index (κ3) is 6.76. The fourth-order valence-electron chi connectivity index (χ4n) is 3.87. The highest BCUT2D eigenvalue weighted by Gasteiger charge is 2.22. The van der Waals surface area contributed by atoms with Crippen molar-refractivity contribution >= 4 is 29.9 Å². The molecule has 2 fully saturated rings. The maximum Gasteiger partial charge on any atom is 0.218 e. The van der Waals surface area contributed by atoms with Gasteiger partial charge in [0.05, 0.1) is 12.6 Å². The lowest BCUT2D eigenvalue weighted by molar-refractivity contribution is 0.0263. The van der Waals surface area contributed by atoms with Gasteiger partial charge in [-0.2, -0.15) is 0 Å². The lowest BCUT2D eigenvalue weighted by atomic mass is 10.1. The number of pyridine rings is 1. The number of nitrogens with one attached hydrogen (secondary N) is 1. The Morgan fingerprint density at radius 3 is 2.61 bits per heavy atom. The number of hydrogen-bond donors (Lipinski definition) is 1. The van der Waals surface area contributed by atoms with Crippen LogP contribution in [0, 0.1) is 0 Å². The van der Waals surface area contributed by atoms with Gasteiger partial charge in [0.25, 0.3) is 0 Å². The van der Waals surface area contributed by atoms with Crippen molar-refractivity contribution in [3.8, 4) is 5.88 Å². The Morgan fingerprint density at radius 2 is 1.93 bits per heavy atom. The Bertz CT molecular complexity index is 600. The van der Waals surface area contributed by atoms with Crippen molar-refractivity contribution in [3.63, 3.8) is 0 Å². The third-order valence-corrected chi connectivity index (χ3v) is 5.31. The molecule has 1 aliphatic carbocycles. The summed E-state index contributed by atoms with van der Waals surface area (Å²) in [5.74, 6) is 1.72. The molecule has 0 atom stereocenters. The van der Waals surface area contributed by atoms with Gasteiger partial charge in [-0.3, -0.25) is 0 Å². The molecule has 0 amide bonds. The maximum atomic E-state index is 6.15. The van der Waals surface area contributed by atoms with Crippen molar-refractivity contribution < 1.29 is 9.47 Å². The van der Waals surface area contributed by atoms with E-state index in [4.69, 9.17) is 14.5 Å². The smallest absolute Gasteiger partial charge is 0.218 e. The first-order chi connectivity index (χ1) is 13.3. The molecule has 1 N–H and O–H groups in total. The van der Waals surface area contributed by atoms with Gasteiger partial charge >= 0.3 is 0 Å². The molecular weight excluding hydrogens is 467 g/mol. The van der Waals surface area contributed by atoms with E-state index in [0.717, 1.165) is 69.3 Å². The van der Waals surface area contributed by atoms with Crippen molar-refractivity contribution in [1.29, 1.82) is 0 Å². The van der Waals surface area contributed by atoms with Gasteiger partial charge in [0.2, 0.25) is 5.88 Å². The van der Waals surface area contributed by atoms with Crippen molar-refractivity contribution in [3.05, 3.63) is 23.9 Å². The Balaban J connectivity index is 0.00000280. The second-order valence-corrected chi connectivity index (χ2v) is 7.30. The average Bonchev–Trinajstić information content (AvgIpc) is 3.20. The summed E-state index contributed by atoms with van der Waals surface area (Å²) >= 11 is 0. The quantitative estimate of drug-likeness (QED) is 0.347. The minimum absolute atomic E-state index is 0. The summed E-state index contributed by atoms with van der Waals surface area (Å²) in [5, 5.41) is 3.44. The van der Waals surface area contributed by atoms with E-state index in [1.807, 2.05) is 6.07 Å². The highest BCUT2D eigenvalue weighted by molar-refractivity contribution is 14.0. The van der Waals surface area contributed by atoms with Crippen molar-refractivity contribution in [1.82, 2.24) is 15.2 Å². The summed E-state index contributed by atoms with van der Waals surface area (Å²) in [6.45, 7) is 8.39. The molecule has 158 valence electrons. The van der Waals surface area contributed by atoms with Gasteiger partial charge in [-0.15, -0.1) is 24.0 Å². The van der Waals surface area contributed by atoms with E-state index in [-0.39, 0.29) is 24.0 Å². The number of nitrogens with zero attached hydrogens (tertiary/aromatic N) is 3. The minimum atomic E-state index is 0. The van der Waals surface area contributed by atoms with Crippen LogP contribution < -0.4 is 10.1 Å². The lowest BCUT2D eigenvalue weighted by Gasteiger charge is -2.34. The Morgan fingerprint density at radius 1 is 1.18 bits per heavy atom. The van der Waals surface area contributed by atoms with E-state index < -0.39 is 0 Å². The van der Waals surface area contributed by atoms with Gasteiger partial charge < -0.3 is 19.7 Å². The predicted molar refractivity (Wildman–Crippen MR) is 124 cm³/mol. The highest BCUT2D eigenvalue weighted by atomic mass is 127. The number of piperidine rings is 1. The normalized spacial score (nSPS) is 18.8. The molecule has 0 spiro atoms. The summed E-state index contributed by atoms with van der Waals surface area (Å²) in [6.07, 6.45) is 9.41. The van der Waals surface area contributed by atoms with Gasteiger partial charge in [-0.1, -0.05) is 6.07 Å². The maximum absolute atomic E-state index is 6.15. The summed E-state index contributed by atoms with van der Waals surface area (Å²) in [7, 11) is 0. The van der Waals surface area contributed by atoms with E-state index in [9.17, 15) is 0 Å². The van der Waals surface area contributed by atoms with Crippen molar-refractivity contribution in [2.75, 3.05) is 26.2 Å². The van der Waals surface area contributed by atoms with Gasteiger partial charge in [-0.25, -0.2) is 9.98 Å².